The molecular weight excluding hydrogens is 1450 g/mol. The number of carbonyl (C=O) groups is 19. The van der Waals surface area contributed by atoms with Gasteiger partial charge in [-0.25, -0.2) is 4.79 Å². The van der Waals surface area contributed by atoms with Crippen LogP contribution in [0.4, 0.5) is 0 Å². The molecule has 0 aliphatic carbocycles. The third-order valence-corrected chi connectivity index (χ3v) is 17.3. The first kappa shape index (κ1) is 97.8. The molecule has 1 heterocycles. The van der Waals surface area contributed by atoms with Crippen LogP contribution in [0.3, 0.4) is 0 Å². The number of amides is 17. The molecule has 0 saturated carbocycles. The third kappa shape index (κ3) is 36.3. The van der Waals surface area contributed by atoms with Crippen LogP contribution in [0.1, 0.15) is 172 Å². The normalized spacial score (nSPS) is 16.2. The quantitative estimate of drug-likeness (QED) is 0.0252. The number of hydrogen-bond donors (Lipinski definition) is 22. The van der Waals surface area contributed by atoms with Gasteiger partial charge in [-0.05, 0) is 128 Å². The number of aliphatic carboxylic acids is 2. The number of carboxylic acids is 2. The minimum absolute atomic E-state index is 0.0325. The maximum absolute atomic E-state index is 14.5. The van der Waals surface area contributed by atoms with Crippen LogP contribution in [0, 0.1) is 23.7 Å². The van der Waals surface area contributed by atoms with Gasteiger partial charge in [-0.15, -0.1) is 0 Å². The van der Waals surface area contributed by atoms with Gasteiger partial charge in [0.25, 0.3) is 0 Å². The molecular formula is C68H118N20O22. The lowest BCUT2D eigenvalue weighted by molar-refractivity contribution is -0.143. The number of aliphatic hydroxyl groups excluding tert-OH is 1. The number of hydrogen-bond acceptors (Lipinski definition) is 23. The van der Waals surface area contributed by atoms with E-state index in [1.807, 2.05) is 0 Å². The summed E-state index contributed by atoms with van der Waals surface area (Å²) in [5, 5.41) is 60.8. The van der Waals surface area contributed by atoms with E-state index >= 15 is 0 Å². The van der Waals surface area contributed by atoms with Crippen molar-refractivity contribution in [1.29, 1.82) is 0 Å². The monoisotopic (exact) mass is 1570 g/mol. The van der Waals surface area contributed by atoms with Crippen molar-refractivity contribution in [2.24, 2.45) is 58.1 Å². The Morgan fingerprint density at radius 3 is 1.30 bits per heavy atom. The average Bonchev–Trinajstić information content (AvgIpc) is 1.63. The number of carboxylic acid groups (broad SMARTS) is 2. The molecule has 1 aliphatic heterocycles. The molecule has 0 spiro atoms. The van der Waals surface area contributed by atoms with Gasteiger partial charge in [0, 0.05) is 19.4 Å². The Hall–Kier alpha value is -10.2. The molecule has 622 valence electrons. The van der Waals surface area contributed by atoms with Crippen LogP contribution < -0.4 is 104 Å². The molecule has 1 saturated heterocycles. The van der Waals surface area contributed by atoms with Crippen molar-refractivity contribution in [2.75, 3.05) is 32.8 Å². The fourth-order valence-electron chi connectivity index (χ4n) is 11.3. The molecule has 1 rings (SSSR count). The molecule has 0 aromatic heterocycles. The van der Waals surface area contributed by atoms with Crippen molar-refractivity contribution in [1.82, 2.24) is 74.0 Å². The minimum atomic E-state index is -2.00. The van der Waals surface area contributed by atoms with Crippen LogP contribution in [0.15, 0.2) is 0 Å². The van der Waals surface area contributed by atoms with Crippen LogP contribution >= 0.6 is 0 Å². The summed E-state index contributed by atoms with van der Waals surface area (Å²) in [4.78, 5) is 253. The van der Waals surface area contributed by atoms with Crippen LogP contribution in [-0.4, -0.2) is 250 Å². The lowest BCUT2D eigenvalue weighted by Gasteiger charge is -2.30. The summed E-state index contributed by atoms with van der Waals surface area (Å²) in [5.74, 6) is -21.1. The fraction of sp³-hybridized carbons (Fsp3) is 0.721. The van der Waals surface area contributed by atoms with Gasteiger partial charge in [-0.3, -0.25) is 86.3 Å². The van der Waals surface area contributed by atoms with Crippen LogP contribution in [-0.2, 0) is 91.1 Å². The summed E-state index contributed by atoms with van der Waals surface area (Å²) < 4.78 is 0. The fourth-order valence-corrected chi connectivity index (χ4v) is 11.3. The van der Waals surface area contributed by atoms with E-state index in [9.17, 15) is 106 Å². The first-order valence-corrected chi connectivity index (χ1v) is 36.7. The van der Waals surface area contributed by atoms with Crippen LogP contribution in [0.25, 0.3) is 0 Å². The summed E-state index contributed by atoms with van der Waals surface area (Å²) in [6, 6.07) is -21.0. The number of carbonyl (C=O) groups excluding carboxylic acids is 17. The molecule has 42 nitrogen and oxygen atoms in total. The summed E-state index contributed by atoms with van der Waals surface area (Å²) in [6.07, 6.45) is -2.61. The summed E-state index contributed by atoms with van der Waals surface area (Å²) in [5.41, 5.74) is 33.3. The highest BCUT2D eigenvalue weighted by Gasteiger charge is 2.41. The number of nitrogens with one attached hydrogen (secondary N) is 13. The van der Waals surface area contributed by atoms with E-state index in [-0.39, 0.29) is 70.5 Å². The summed E-state index contributed by atoms with van der Waals surface area (Å²) in [7, 11) is 0. The minimum Gasteiger partial charge on any atom is -0.481 e. The first-order valence-electron chi connectivity index (χ1n) is 36.7. The number of primary amides is 3. The van der Waals surface area contributed by atoms with Crippen molar-refractivity contribution in [3.8, 4) is 0 Å². The van der Waals surface area contributed by atoms with E-state index < -0.39 is 266 Å². The molecule has 0 radical (unpaired) electrons. The maximum Gasteiger partial charge on any atom is 0.326 e. The molecule has 0 aromatic carbocycles. The summed E-state index contributed by atoms with van der Waals surface area (Å²) >= 11 is 0. The van der Waals surface area contributed by atoms with Crippen LogP contribution in [0.5, 0.6) is 0 Å². The number of likely N-dealkylation sites (tertiary alicyclic amines) is 1. The number of nitrogens with two attached hydrogens (primary N) is 6. The van der Waals surface area contributed by atoms with E-state index in [0.29, 0.717) is 19.3 Å². The van der Waals surface area contributed by atoms with Gasteiger partial charge in [0.05, 0.1) is 32.0 Å². The maximum atomic E-state index is 14.5. The zero-order valence-electron chi connectivity index (χ0n) is 64.3. The first-order chi connectivity index (χ1) is 51.4. The standard InChI is InChI=1S/C68H118N20O22/c1-32(2)26-43(84-66(107)53(34(5)6)86-56(97)38(71)28-49(73)91)57(98)75-30-51(93)76-37(10)67(108)88-25-15-18-47(88)65(106)81-40(17-12-14-24-70)59(100)78-39(16-11-13-23-69)60(101)82-44(27-33(3)4)62(103)83-45(29-50(74)92)63(104)79-42(20-22-52(94)95)61(102)85-46(31-89)64(105)80-41(19-21-48(72)90)58(99)77-36(9)55(96)87-54(35(7)8)68(109)110/h32-47,53-54,89H,11-31,69-71H2,1-10H3,(H2,72,90)(H2,73,91)(H2,74,92)(H,75,98)(H,76,93)(H,77,99)(H,78,100)(H,79,104)(H,80,105)(H,81,106)(H,82,101)(H,83,103)(H,84,107)(H,85,102)(H,86,97)(H,87,96)(H,94,95)(H,109,110)/t36-,37-,38-,39-,40-,41-,42-,43-,44-,45-,46-,47-,53-,54-/m0/s1. The topological polar surface area (TPSA) is 701 Å². The highest BCUT2D eigenvalue weighted by atomic mass is 16.4. The van der Waals surface area contributed by atoms with E-state index in [4.69, 9.17) is 34.4 Å². The molecule has 17 amide bonds. The molecule has 1 aliphatic rings. The SMILES string of the molecule is CC(C)C[C@H](NC(=O)[C@H](CCCCN)NC(=O)[C@H](CCCCN)NC(=O)[C@@H]1CCCN1C(=O)[C@H](C)NC(=O)CNC(=O)[C@H](CC(C)C)NC(=O)[C@@H](NC(=O)[C@@H](N)CC(N)=O)C(C)C)C(=O)N[C@@H](CC(N)=O)C(=O)N[C@@H](CCC(=O)O)C(=O)N[C@@H](CO)C(=O)N[C@@H](CCC(N)=O)C(=O)N[C@@H](C)C(=O)N[C@H](C(=O)O)C(C)C. The van der Waals surface area contributed by atoms with Gasteiger partial charge in [0.2, 0.25) is 100 Å². The smallest absolute Gasteiger partial charge is 0.326 e. The van der Waals surface area contributed by atoms with Crippen molar-refractivity contribution in [3.63, 3.8) is 0 Å². The Kier molecular flexibility index (Phi) is 44.2. The Morgan fingerprint density at radius 1 is 0.418 bits per heavy atom. The molecule has 28 N–H and O–H groups in total. The highest BCUT2D eigenvalue weighted by molar-refractivity contribution is 6.01. The molecule has 110 heavy (non-hydrogen) atoms. The molecule has 0 aromatic rings. The molecule has 42 heteroatoms. The van der Waals surface area contributed by atoms with Crippen LogP contribution in [0.2, 0.25) is 0 Å². The van der Waals surface area contributed by atoms with Crippen molar-refractivity contribution < 1.29 is 106 Å². The second-order valence-electron chi connectivity index (χ2n) is 28.6. The number of nitrogens with zero attached hydrogens (tertiary/aromatic N) is 1. The zero-order valence-corrected chi connectivity index (χ0v) is 64.3. The van der Waals surface area contributed by atoms with Gasteiger partial charge in [-0.1, -0.05) is 55.4 Å². The predicted octanol–water partition coefficient (Wildman–Crippen LogP) is -8.10. The van der Waals surface area contributed by atoms with Crippen molar-refractivity contribution >= 4 is 112 Å². The van der Waals surface area contributed by atoms with E-state index in [0.717, 1.165) is 0 Å². The number of unbranched alkanes of at least 4 members (excludes halogenated alkanes) is 2. The molecule has 0 unspecified atom stereocenters. The predicted molar refractivity (Wildman–Crippen MR) is 392 cm³/mol. The van der Waals surface area contributed by atoms with Gasteiger partial charge in [-0.2, -0.15) is 0 Å². The lowest BCUT2D eigenvalue weighted by Crippen LogP contribution is -2.61. The van der Waals surface area contributed by atoms with E-state index in [1.165, 1.54) is 32.6 Å². The second kappa shape index (κ2) is 49.7. The Morgan fingerprint density at radius 2 is 0.836 bits per heavy atom. The lowest BCUT2D eigenvalue weighted by atomic mass is 9.99. The van der Waals surface area contributed by atoms with Gasteiger partial charge in [0.1, 0.15) is 78.5 Å². The second-order valence-corrected chi connectivity index (χ2v) is 28.6. The van der Waals surface area contributed by atoms with E-state index in [1.54, 1.807) is 41.5 Å². The molecule has 0 bridgehead atoms. The largest absolute Gasteiger partial charge is 0.481 e. The van der Waals surface area contributed by atoms with Crippen molar-refractivity contribution in [2.45, 2.75) is 257 Å². The number of aliphatic hydroxyl groups is 1. The third-order valence-electron chi connectivity index (χ3n) is 17.3. The molecule has 1 fully saturated rings. The highest BCUT2D eigenvalue weighted by Crippen LogP contribution is 2.20. The zero-order chi connectivity index (χ0) is 84.0. The van der Waals surface area contributed by atoms with Crippen molar-refractivity contribution in [3.05, 3.63) is 0 Å². The number of rotatable bonds is 53. The Bertz CT molecular complexity index is 3210. The van der Waals surface area contributed by atoms with Gasteiger partial charge < -0.3 is 124 Å². The Balaban J connectivity index is 3.47. The molecule has 14 atom stereocenters. The van der Waals surface area contributed by atoms with Gasteiger partial charge in [0.15, 0.2) is 0 Å². The summed E-state index contributed by atoms with van der Waals surface area (Å²) in [6.45, 7) is 14.2. The van der Waals surface area contributed by atoms with Gasteiger partial charge >= 0.3 is 11.9 Å². The average molecular weight is 1570 g/mol. The Labute approximate surface area is 638 Å². The van der Waals surface area contributed by atoms with E-state index in [2.05, 4.69) is 69.1 Å².